The highest BCUT2D eigenvalue weighted by Gasteiger charge is 2.20. The lowest BCUT2D eigenvalue weighted by molar-refractivity contribution is -0.388. The van der Waals surface area contributed by atoms with E-state index in [-0.39, 0.29) is 10.7 Å². The van der Waals surface area contributed by atoms with Crippen LogP contribution < -0.4 is 5.32 Å². The summed E-state index contributed by atoms with van der Waals surface area (Å²) in [5.74, 6) is 0.322. The molecule has 0 amide bonds. The third kappa shape index (κ3) is 3.30. The largest absolute Gasteiger partial charge is 0.357 e. The first-order valence-electron chi connectivity index (χ1n) is 4.88. The molecule has 2 aromatic rings. The highest BCUT2D eigenvalue weighted by Crippen LogP contribution is 2.36. The van der Waals surface area contributed by atoms with Crippen LogP contribution >= 0.6 is 34.9 Å². The van der Waals surface area contributed by atoms with Gasteiger partial charge in [0.15, 0.2) is 13.7 Å². The number of aromatic nitrogens is 4. The van der Waals surface area contributed by atoms with E-state index in [0.717, 1.165) is 16.1 Å². The highest BCUT2D eigenvalue weighted by atomic mass is 32.2. The standard InChI is InChI=1S/C8H8N6O2S3/c1-9-6-10-3-4(14(15)16)5(11-6)18-8-13-12-7(17-2)19-8/h3H,1-2H3,(H,9,10,11). The summed E-state index contributed by atoms with van der Waals surface area (Å²) >= 11 is 3.94. The van der Waals surface area contributed by atoms with E-state index in [0.29, 0.717) is 10.3 Å². The molecule has 0 saturated carbocycles. The van der Waals surface area contributed by atoms with Crippen LogP contribution in [0.15, 0.2) is 19.9 Å². The van der Waals surface area contributed by atoms with E-state index in [4.69, 9.17) is 0 Å². The van der Waals surface area contributed by atoms with E-state index in [2.05, 4.69) is 25.5 Å². The Hall–Kier alpha value is -1.46. The van der Waals surface area contributed by atoms with E-state index in [1.165, 1.54) is 29.3 Å². The van der Waals surface area contributed by atoms with Gasteiger partial charge in [-0.25, -0.2) is 4.98 Å². The zero-order chi connectivity index (χ0) is 13.8. The Morgan fingerprint density at radius 3 is 2.74 bits per heavy atom. The van der Waals surface area contributed by atoms with Crippen LogP contribution in [0.4, 0.5) is 11.6 Å². The Bertz CT molecular complexity index is 604. The number of nitrogens with zero attached hydrogens (tertiary/aromatic N) is 5. The Kier molecular flexibility index (Phi) is 4.50. The Labute approximate surface area is 120 Å². The molecule has 0 aliphatic carbocycles. The third-order valence-corrected chi connectivity index (χ3v) is 4.85. The van der Waals surface area contributed by atoms with Crippen LogP contribution in [0.2, 0.25) is 0 Å². The molecular weight excluding hydrogens is 308 g/mol. The van der Waals surface area contributed by atoms with Gasteiger partial charge < -0.3 is 5.32 Å². The lowest BCUT2D eigenvalue weighted by Gasteiger charge is -2.01. The number of nitro groups is 1. The van der Waals surface area contributed by atoms with Crippen molar-refractivity contribution in [2.24, 2.45) is 0 Å². The molecule has 0 bridgehead atoms. The fourth-order valence-corrected chi connectivity index (χ4v) is 3.50. The average Bonchev–Trinajstić information content (AvgIpc) is 2.86. The lowest BCUT2D eigenvalue weighted by Crippen LogP contribution is -2.00. The molecule has 100 valence electrons. The number of nitrogens with one attached hydrogen (secondary N) is 1. The topological polar surface area (TPSA) is 107 Å². The highest BCUT2D eigenvalue weighted by molar-refractivity contribution is 8.03. The first-order chi connectivity index (χ1) is 9.13. The van der Waals surface area contributed by atoms with E-state index in [1.54, 1.807) is 7.05 Å². The minimum Gasteiger partial charge on any atom is -0.357 e. The van der Waals surface area contributed by atoms with Crippen molar-refractivity contribution in [3.63, 3.8) is 0 Å². The van der Waals surface area contributed by atoms with Crippen molar-refractivity contribution in [2.45, 2.75) is 13.7 Å². The molecule has 0 aromatic carbocycles. The first kappa shape index (κ1) is 14.0. The first-order valence-corrected chi connectivity index (χ1v) is 7.74. The van der Waals surface area contributed by atoms with Crippen LogP contribution in [-0.4, -0.2) is 38.4 Å². The summed E-state index contributed by atoms with van der Waals surface area (Å²) in [7, 11) is 1.65. The molecule has 11 heteroatoms. The van der Waals surface area contributed by atoms with Gasteiger partial charge in [-0.15, -0.1) is 10.2 Å². The van der Waals surface area contributed by atoms with Crippen molar-refractivity contribution in [3.05, 3.63) is 16.3 Å². The van der Waals surface area contributed by atoms with Gasteiger partial charge in [-0.1, -0.05) is 23.1 Å². The Morgan fingerprint density at radius 2 is 2.16 bits per heavy atom. The normalized spacial score (nSPS) is 10.4. The maximum absolute atomic E-state index is 10.9. The van der Waals surface area contributed by atoms with Gasteiger partial charge in [-0.05, 0) is 18.0 Å². The average molecular weight is 316 g/mol. The molecule has 19 heavy (non-hydrogen) atoms. The molecule has 0 aliphatic rings. The quantitative estimate of drug-likeness (QED) is 0.384. The summed E-state index contributed by atoms with van der Waals surface area (Å²) in [6.45, 7) is 0. The van der Waals surface area contributed by atoms with Gasteiger partial charge >= 0.3 is 5.69 Å². The molecule has 0 atom stereocenters. The summed E-state index contributed by atoms with van der Waals surface area (Å²) in [4.78, 5) is 18.3. The molecule has 0 spiro atoms. The molecule has 2 rings (SSSR count). The Morgan fingerprint density at radius 1 is 1.42 bits per heavy atom. The van der Waals surface area contributed by atoms with Crippen LogP contribution in [0.5, 0.6) is 0 Å². The fourth-order valence-electron chi connectivity index (χ4n) is 1.08. The zero-order valence-corrected chi connectivity index (χ0v) is 12.3. The van der Waals surface area contributed by atoms with Crippen LogP contribution in [0.1, 0.15) is 0 Å². The third-order valence-electron chi connectivity index (χ3n) is 1.90. The lowest BCUT2D eigenvalue weighted by atomic mass is 10.5. The van der Waals surface area contributed by atoms with E-state index in [1.807, 2.05) is 6.26 Å². The summed E-state index contributed by atoms with van der Waals surface area (Å²) in [6, 6.07) is 0. The summed E-state index contributed by atoms with van der Waals surface area (Å²) in [5, 5.41) is 21.8. The number of hydrogen-bond acceptors (Lipinski definition) is 10. The van der Waals surface area contributed by atoms with Crippen molar-refractivity contribution in [1.82, 2.24) is 20.2 Å². The van der Waals surface area contributed by atoms with Crippen LogP contribution in [0.25, 0.3) is 0 Å². The van der Waals surface area contributed by atoms with Gasteiger partial charge in [0.25, 0.3) is 0 Å². The minimum absolute atomic E-state index is 0.148. The fraction of sp³-hybridized carbons (Fsp3) is 0.250. The second-order valence-corrected chi connectivity index (χ2v) is 6.30. The van der Waals surface area contributed by atoms with Crippen molar-refractivity contribution in [2.75, 3.05) is 18.6 Å². The van der Waals surface area contributed by atoms with Gasteiger partial charge in [0.05, 0.1) is 4.92 Å². The van der Waals surface area contributed by atoms with Gasteiger partial charge in [0, 0.05) is 7.05 Å². The summed E-state index contributed by atoms with van der Waals surface area (Å²) in [5.41, 5.74) is -0.148. The van der Waals surface area contributed by atoms with Crippen LogP contribution in [-0.2, 0) is 0 Å². The molecule has 1 N–H and O–H groups in total. The summed E-state index contributed by atoms with van der Waals surface area (Å²) < 4.78 is 1.40. The maximum atomic E-state index is 10.9. The molecule has 0 unspecified atom stereocenters. The summed E-state index contributed by atoms with van der Waals surface area (Å²) in [6.07, 6.45) is 3.07. The predicted octanol–water partition coefficient (Wildman–Crippen LogP) is 2.15. The van der Waals surface area contributed by atoms with Crippen molar-refractivity contribution >= 4 is 46.5 Å². The number of rotatable bonds is 5. The second-order valence-electron chi connectivity index (χ2n) is 3.03. The molecular formula is C8H8N6O2S3. The zero-order valence-electron chi connectivity index (χ0n) is 9.85. The van der Waals surface area contributed by atoms with Gasteiger partial charge in [-0.3, -0.25) is 10.1 Å². The van der Waals surface area contributed by atoms with Gasteiger partial charge in [-0.2, -0.15) is 4.98 Å². The van der Waals surface area contributed by atoms with Crippen molar-refractivity contribution in [3.8, 4) is 0 Å². The monoisotopic (exact) mass is 316 g/mol. The molecule has 0 aliphatic heterocycles. The molecule has 2 heterocycles. The van der Waals surface area contributed by atoms with E-state index in [9.17, 15) is 10.1 Å². The van der Waals surface area contributed by atoms with E-state index >= 15 is 0 Å². The van der Waals surface area contributed by atoms with Crippen molar-refractivity contribution < 1.29 is 4.92 Å². The van der Waals surface area contributed by atoms with Crippen LogP contribution in [0, 0.1) is 10.1 Å². The molecule has 8 nitrogen and oxygen atoms in total. The SMILES string of the molecule is CNc1ncc([N+](=O)[O-])c(Sc2nnc(SC)s2)n1. The van der Waals surface area contributed by atoms with E-state index < -0.39 is 4.92 Å². The molecule has 2 aromatic heterocycles. The molecule has 0 fully saturated rings. The van der Waals surface area contributed by atoms with Gasteiger partial charge in [0.1, 0.15) is 6.20 Å². The maximum Gasteiger partial charge on any atom is 0.320 e. The minimum atomic E-state index is -0.516. The molecule has 0 radical (unpaired) electrons. The Balaban J connectivity index is 2.33. The second kappa shape index (κ2) is 6.12. The molecule has 0 saturated heterocycles. The van der Waals surface area contributed by atoms with Crippen LogP contribution in [0.3, 0.4) is 0 Å². The van der Waals surface area contributed by atoms with Gasteiger partial charge in [0.2, 0.25) is 5.95 Å². The van der Waals surface area contributed by atoms with Crippen molar-refractivity contribution in [1.29, 1.82) is 0 Å². The number of anilines is 1. The smallest absolute Gasteiger partial charge is 0.320 e. The predicted molar refractivity (Wildman–Crippen MR) is 74.0 cm³/mol. The number of thioether (sulfide) groups is 1. The number of hydrogen-bond donors (Lipinski definition) is 1.